The summed E-state index contributed by atoms with van der Waals surface area (Å²) >= 11 is 0. The molecule has 1 aliphatic heterocycles. The van der Waals surface area contributed by atoms with E-state index in [0.717, 1.165) is 42.8 Å². The second kappa shape index (κ2) is 6.76. The second-order valence-corrected chi connectivity index (χ2v) is 6.61. The van der Waals surface area contributed by atoms with Crippen LogP contribution in [0.2, 0.25) is 0 Å². The molecule has 2 aromatic heterocycles. The Morgan fingerprint density at radius 2 is 2.21 bits per heavy atom. The maximum atomic E-state index is 12.2. The number of piperidine rings is 1. The molecule has 0 aromatic carbocycles. The van der Waals surface area contributed by atoms with Crippen molar-refractivity contribution in [3.8, 4) is 0 Å². The molecule has 130 valence electrons. The molecule has 1 fully saturated rings. The first-order valence-electron chi connectivity index (χ1n) is 8.52. The highest BCUT2D eigenvalue weighted by Gasteiger charge is 2.18. The Hall–Kier alpha value is -2.15. The van der Waals surface area contributed by atoms with Gasteiger partial charge in [0.15, 0.2) is 5.65 Å². The summed E-state index contributed by atoms with van der Waals surface area (Å²) in [7, 11) is 1.78. The first-order valence-corrected chi connectivity index (χ1v) is 8.52. The summed E-state index contributed by atoms with van der Waals surface area (Å²) in [4.78, 5) is 28.8. The van der Waals surface area contributed by atoms with E-state index in [1.165, 1.54) is 0 Å². The molecule has 0 unspecified atom stereocenters. The van der Waals surface area contributed by atoms with E-state index in [1.54, 1.807) is 11.7 Å². The molecule has 1 amide bonds. The molecule has 24 heavy (non-hydrogen) atoms. The number of hydrogen-bond acceptors (Lipinski definition) is 4. The predicted octanol–water partition coefficient (Wildman–Crippen LogP) is 0.679. The molecule has 0 aliphatic carbocycles. The fourth-order valence-corrected chi connectivity index (χ4v) is 3.53. The zero-order valence-electron chi connectivity index (χ0n) is 14.5. The third-order valence-corrected chi connectivity index (χ3v) is 4.84. The Kier molecular flexibility index (Phi) is 4.71. The molecule has 1 aliphatic rings. The molecular formula is C17H25N5O2. The van der Waals surface area contributed by atoms with Crippen LogP contribution < -0.4 is 16.2 Å². The fraction of sp³-hybridized carbons (Fsp3) is 0.588. The molecular weight excluding hydrogens is 306 g/mol. The molecule has 0 spiro atoms. The van der Waals surface area contributed by atoms with Crippen LogP contribution in [0.25, 0.3) is 11.0 Å². The first-order chi connectivity index (χ1) is 11.5. The number of nitrogens with zero attached hydrogens (tertiary/aromatic N) is 2. The van der Waals surface area contributed by atoms with Crippen molar-refractivity contribution < 1.29 is 4.79 Å². The van der Waals surface area contributed by atoms with Crippen LogP contribution in [0.15, 0.2) is 4.79 Å². The van der Waals surface area contributed by atoms with Gasteiger partial charge in [-0.1, -0.05) is 0 Å². The van der Waals surface area contributed by atoms with Crippen LogP contribution in [-0.2, 0) is 18.3 Å². The summed E-state index contributed by atoms with van der Waals surface area (Å²) in [6.07, 6.45) is 3.14. The molecule has 1 atom stereocenters. The number of aryl methyl sites for hydroxylation is 3. The van der Waals surface area contributed by atoms with E-state index < -0.39 is 0 Å². The third kappa shape index (κ3) is 3.21. The average molecular weight is 331 g/mol. The Balaban J connectivity index is 1.74. The van der Waals surface area contributed by atoms with Crippen molar-refractivity contribution in [2.24, 2.45) is 7.05 Å². The van der Waals surface area contributed by atoms with Crippen LogP contribution in [0, 0.1) is 13.8 Å². The topological polar surface area (TPSA) is 91.8 Å². The first kappa shape index (κ1) is 16.7. The van der Waals surface area contributed by atoms with Crippen molar-refractivity contribution >= 4 is 16.9 Å². The molecule has 7 nitrogen and oxygen atoms in total. The lowest BCUT2D eigenvalue weighted by molar-refractivity contribution is -0.121. The van der Waals surface area contributed by atoms with E-state index in [9.17, 15) is 9.59 Å². The van der Waals surface area contributed by atoms with Gasteiger partial charge in [-0.2, -0.15) is 0 Å². The zero-order valence-corrected chi connectivity index (χ0v) is 14.5. The Labute approximate surface area is 140 Å². The van der Waals surface area contributed by atoms with Gasteiger partial charge < -0.3 is 10.6 Å². The molecule has 1 saturated heterocycles. The highest BCUT2D eigenvalue weighted by Crippen LogP contribution is 2.21. The predicted molar refractivity (Wildman–Crippen MR) is 93.2 cm³/mol. The standard InChI is InChI=1S/C17H25N5O2/c1-10-13(6-7-14(23)20-12-5-4-8-18-9-12)11(2)19-16-15(10)17(24)21-22(16)3/h12,18H,4-9H2,1-3H3,(H,20,23)(H,21,24)/t12-/m0/s1. The van der Waals surface area contributed by atoms with Crippen molar-refractivity contribution in [1.29, 1.82) is 0 Å². The minimum absolute atomic E-state index is 0.0598. The lowest BCUT2D eigenvalue weighted by Gasteiger charge is -2.23. The lowest BCUT2D eigenvalue weighted by atomic mass is 10.00. The summed E-state index contributed by atoms with van der Waals surface area (Å²) in [6.45, 7) is 5.74. The largest absolute Gasteiger partial charge is 0.352 e. The minimum Gasteiger partial charge on any atom is -0.352 e. The molecule has 3 heterocycles. The van der Waals surface area contributed by atoms with Gasteiger partial charge in [0.05, 0.1) is 5.39 Å². The van der Waals surface area contributed by atoms with Crippen molar-refractivity contribution in [1.82, 2.24) is 25.4 Å². The van der Waals surface area contributed by atoms with E-state index in [2.05, 4.69) is 20.7 Å². The van der Waals surface area contributed by atoms with E-state index in [1.807, 2.05) is 13.8 Å². The number of pyridine rings is 1. The third-order valence-electron chi connectivity index (χ3n) is 4.84. The van der Waals surface area contributed by atoms with Crippen molar-refractivity contribution in [2.45, 2.75) is 45.6 Å². The SMILES string of the molecule is Cc1nc2c(c(C)c1CCC(=O)N[C@H]1CCCNC1)c(=O)[nH]n2C. The summed E-state index contributed by atoms with van der Waals surface area (Å²) < 4.78 is 1.64. The molecule has 0 saturated carbocycles. The van der Waals surface area contributed by atoms with E-state index in [-0.39, 0.29) is 17.5 Å². The normalized spacial score (nSPS) is 18.0. The van der Waals surface area contributed by atoms with Gasteiger partial charge in [-0.25, -0.2) is 4.98 Å². The van der Waals surface area contributed by atoms with Gasteiger partial charge in [-0.05, 0) is 50.8 Å². The number of nitrogens with one attached hydrogen (secondary N) is 3. The monoisotopic (exact) mass is 331 g/mol. The summed E-state index contributed by atoms with van der Waals surface area (Å²) in [5.74, 6) is 0.0598. The summed E-state index contributed by atoms with van der Waals surface area (Å²) in [5.41, 5.74) is 3.33. The van der Waals surface area contributed by atoms with Gasteiger partial charge in [-0.15, -0.1) is 0 Å². The number of fused-ring (bicyclic) bond motifs is 1. The van der Waals surface area contributed by atoms with Crippen molar-refractivity contribution in [3.05, 3.63) is 27.2 Å². The van der Waals surface area contributed by atoms with Crippen molar-refractivity contribution in [2.75, 3.05) is 13.1 Å². The number of aromatic amines is 1. The van der Waals surface area contributed by atoms with Gasteiger partial charge in [0.25, 0.3) is 5.56 Å². The van der Waals surface area contributed by atoms with E-state index in [0.29, 0.717) is 23.9 Å². The summed E-state index contributed by atoms with van der Waals surface area (Å²) in [6, 6.07) is 0.228. The van der Waals surface area contributed by atoms with Crippen molar-refractivity contribution in [3.63, 3.8) is 0 Å². The average Bonchev–Trinajstić information content (AvgIpc) is 2.82. The van der Waals surface area contributed by atoms with Crippen LogP contribution in [-0.4, -0.2) is 39.8 Å². The number of H-pyrrole nitrogens is 1. The molecule has 7 heteroatoms. The summed E-state index contributed by atoms with van der Waals surface area (Å²) in [5, 5.41) is 9.75. The van der Waals surface area contributed by atoms with Gasteiger partial charge in [0.2, 0.25) is 5.91 Å². The second-order valence-electron chi connectivity index (χ2n) is 6.61. The smallest absolute Gasteiger partial charge is 0.273 e. The molecule has 3 rings (SSSR count). The van der Waals surface area contributed by atoms with Crippen LogP contribution in [0.5, 0.6) is 0 Å². The Morgan fingerprint density at radius 1 is 1.42 bits per heavy atom. The molecule has 0 radical (unpaired) electrons. The number of carbonyl (C=O) groups excluding carboxylic acids is 1. The number of hydrogen-bond donors (Lipinski definition) is 3. The van der Waals surface area contributed by atoms with Gasteiger partial charge in [-0.3, -0.25) is 19.4 Å². The van der Waals surface area contributed by atoms with Gasteiger partial charge in [0.1, 0.15) is 0 Å². The maximum absolute atomic E-state index is 12.2. The van der Waals surface area contributed by atoms with E-state index in [4.69, 9.17) is 0 Å². The molecule has 2 aromatic rings. The van der Waals surface area contributed by atoms with Crippen LogP contribution in [0.4, 0.5) is 0 Å². The van der Waals surface area contributed by atoms with Crippen LogP contribution in [0.3, 0.4) is 0 Å². The Morgan fingerprint density at radius 3 is 2.92 bits per heavy atom. The Bertz CT molecular complexity index is 814. The number of rotatable bonds is 4. The molecule has 0 bridgehead atoms. The highest BCUT2D eigenvalue weighted by atomic mass is 16.1. The maximum Gasteiger partial charge on any atom is 0.273 e. The lowest BCUT2D eigenvalue weighted by Crippen LogP contribution is -2.45. The zero-order chi connectivity index (χ0) is 17.3. The number of amides is 1. The quantitative estimate of drug-likeness (QED) is 0.768. The fourth-order valence-electron chi connectivity index (χ4n) is 3.53. The van der Waals surface area contributed by atoms with E-state index >= 15 is 0 Å². The minimum atomic E-state index is -0.128. The molecule has 3 N–H and O–H groups in total. The van der Waals surface area contributed by atoms with Crippen LogP contribution in [0.1, 0.15) is 36.1 Å². The number of carbonyl (C=O) groups is 1. The van der Waals surface area contributed by atoms with Gasteiger partial charge in [0, 0.05) is 31.7 Å². The highest BCUT2D eigenvalue weighted by molar-refractivity contribution is 5.81. The van der Waals surface area contributed by atoms with Gasteiger partial charge >= 0.3 is 0 Å². The number of aromatic nitrogens is 3. The van der Waals surface area contributed by atoms with Crippen LogP contribution >= 0.6 is 0 Å².